The van der Waals surface area contributed by atoms with Gasteiger partial charge in [0.15, 0.2) is 0 Å². The minimum absolute atomic E-state index is 0.0468. The minimum Gasteiger partial charge on any atom is -0.379 e. The van der Waals surface area contributed by atoms with Crippen molar-refractivity contribution < 1.29 is 9.53 Å². The Morgan fingerprint density at radius 1 is 1.62 bits per heavy atom. The highest BCUT2D eigenvalue weighted by molar-refractivity contribution is 7.99. The molecule has 1 rings (SSSR count). The SMILES string of the molecule is C=CCSCCNC(=O)C1COCC1NC. The maximum Gasteiger partial charge on any atom is 0.227 e. The summed E-state index contributed by atoms with van der Waals surface area (Å²) in [6.07, 6.45) is 1.87. The van der Waals surface area contributed by atoms with Crippen molar-refractivity contribution in [2.45, 2.75) is 6.04 Å². The molecule has 1 aliphatic rings. The van der Waals surface area contributed by atoms with Crippen LogP contribution in [0.3, 0.4) is 0 Å². The van der Waals surface area contributed by atoms with E-state index in [-0.39, 0.29) is 17.9 Å². The highest BCUT2D eigenvalue weighted by Gasteiger charge is 2.32. The molecule has 0 aromatic heterocycles. The maximum atomic E-state index is 11.8. The standard InChI is InChI=1S/C11H20N2O2S/c1-3-5-16-6-4-13-11(14)9-7-15-8-10(9)12-2/h3,9-10,12H,1,4-8H2,2H3,(H,13,14). The minimum atomic E-state index is -0.0468. The molecule has 4 nitrogen and oxygen atoms in total. The van der Waals surface area contributed by atoms with E-state index in [9.17, 15) is 4.79 Å². The van der Waals surface area contributed by atoms with Gasteiger partial charge in [0.2, 0.25) is 5.91 Å². The molecule has 0 bridgehead atoms. The zero-order chi connectivity index (χ0) is 11.8. The molecule has 92 valence electrons. The fourth-order valence-electron chi connectivity index (χ4n) is 1.64. The van der Waals surface area contributed by atoms with Crippen LogP contribution in [0.1, 0.15) is 0 Å². The van der Waals surface area contributed by atoms with Crippen molar-refractivity contribution in [1.29, 1.82) is 0 Å². The average molecular weight is 244 g/mol. The zero-order valence-electron chi connectivity index (χ0n) is 9.70. The molecule has 16 heavy (non-hydrogen) atoms. The molecular weight excluding hydrogens is 224 g/mol. The quantitative estimate of drug-likeness (QED) is 0.498. The Bertz CT molecular complexity index is 236. The highest BCUT2D eigenvalue weighted by Crippen LogP contribution is 2.13. The van der Waals surface area contributed by atoms with Gasteiger partial charge in [-0.1, -0.05) is 6.08 Å². The number of hydrogen-bond acceptors (Lipinski definition) is 4. The summed E-state index contributed by atoms with van der Waals surface area (Å²) in [4.78, 5) is 11.8. The van der Waals surface area contributed by atoms with Crippen LogP contribution >= 0.6 is 11.8 Å². The number of nitrogens with one attached hydrogen (secondary N) is 2. The second kappa shape index (κ2) is 7.70. The smallest absolute Gasteiger partial charge is 0.227 e. The van der Waals surface area contributed by atoms with E-state index in [0.717, 1.165) is 11.5 Å². The van der Waals surface area contributed by atoms with E-state index in [1.54, 1.807) is 11.8 Å². The van der Waals surface area contributed by atoms with Crippen LogP contribution in [0.4, 0.5) is 0 Å². The monoisotopic (exact) mass is 244 g/mol. The van der Waals surface area contributed by atoms with Crippen LogP contribution < -0.4 is 10.6 Å². The van der Waals surface area contributed by atoms with Gasteiger partial charge >= 0.3 is 0 Å². The van der Waals surface area contributed by atoms with Gasteiger partial charge in [0.1, 0.15) is 0 Å². The Kier molecular flexibility index (Phi) is 6.52. The molecule has 2 unspecified atom stereocenters. The summed E-state index contributed by atoms with van der Waals surface area (Å²) in [5.41, 5.74) is 0. The average Bonchev–Trinajstić information content (AvgIpc) is 2.76. The molecule has 1 saturated heterocycles. The number of likely N-dealkylation sites (N-methyl/N-ethyl adjacent to an activating group) is 1. The van der Waals surface area contributed by atoms with Crippen molar-refractivity contribution >= 4 is 17.7 Å². The van der Waals surface area contributed by atoms with Crippen molar-refractivity contribution in [2.75, 3.05) is 38.3 Å². The van der Waals surface area contributed by atoms with Crippen molar-refractivity contribution in [3.63, 3.8) is 0 Å². The number of thioether (sulfide) groups is 1. The fourth-order valence-corrected chi connectivity index (χ4v) is 2.22. The topological polar surface area (TPSA) is 50.4 Å². The van der Waals surface area contributed by atoms with Crippen LogP contribution in [0.5, 0.6) is 0 Å². The van der Waals surface area contributed by atoms with Gasteiger partial charge in [0.25, 0.3) is 0 Å². The Hall–Kier alpha value is -0.520. The third-order valence-electron chi connectivity index (χ3n) is 2.57. The predicted molar refractivity (Wildman–Crippen MR) is 67.7 cm³/mol. The normalized spacial score (nSPS) is 24.3. The van der Waals surface area contributed by atoms with E-state index in [4.69, 9.17) is 4.74 Å². The summed E-state index contributed by atoms with van der Waals surface area (Å²) < 4.78 is 5.28. The summed E-state index contributed by atoms with van der Waals surface area (Å²) in [6.45, 7) is 5.51. The molecule has 0 spiro atoms. The van der Waals surface area contributed by atoms with Gasteiger partial charge in [0.05, 0.1) is 19.1 Å². The summed E-state index contributed by atoms with van der Waals surface area (Å²) >= 11 is 1.76. The lowest BCUT2D eigenvalue weighted by Crippen LogP contribution is -2.43. The van der Waals surface area contributed by atoms with E-state index in [1.165, 1.54) is 0 Å². The van der Waals surface area contributed by atoms with E-state index in [1.807, 2.05) is 13.1 Å². The lowest BCUT2D eigenvalue weighted by atomic mass is 10.0. The molecule has 1 aliphatic heterocycles. The van der Waals surface area contributed by atoms with Crippen LogP contribution in [0, 0.1) is 5.92 Å². The molecule has 1 amide bonds. The third kappa shape index (κ3) is 4.15. The molecule has 0 saturated carbocycles. The van der Waals surface area contributed by atoms with Gasteiger partial charge in [-0.2, -0.15) is 11.8 Å². The van der Waals surface area contributed by atoms with E-state index in [2.05, 4.69) is 17.2 Å². The third-order valence-corrected chi connectivity index (χ3v) is 3.53. The zero-order valence-corrected chi connectivity index (χ0v) is 10.5. The number of ether oxygens (including phenoxy) is 1. The predicted octanol–water partition coefficient (Wildman–Crippen LogP) is 0.256. The number of carbonyl (C=O) groups is 1. The first kappa shape index (κ1) is 13.5. The molecule has 1 heterocycles. The molecule has 0 aromatic carbocycles. The lowest BCUT2D eigenvalue weighted by Gasteiger charge is -2.16. The summed E-state index contributed by atoms with van der Waals surface area (Å²) in [7, 11) is 1.86. The van der Waals surface area contributed by atoms with E-state index in [0.29, 0.717) is 19.8 Å². The molecule has 0 aromatic rings. The van der Waals surface area contributed by atoms with Crippen molar-refractivity contribution in [3.8, 4) is 0 Å². The Labute approximate surface area is 101 Å². The van der Waals surface area contributed by atoms with Gasteiger partial charge in [-0.05, 0) is 7.05 Å². The van der Waals surface area contributed by atoms with Crippen LogP contribution in [0.2, 0.25) is 0 Å². The van der Waals surface area contributed by atoms with Gasteiger partial charge in [-0.15, -0.1) is 6.58 Å². The van der Waals surface area contributed by atoms with Crippen LogP contribution in [-0.2, 0) is 9.53 Å². The summed E-state index contributed by atoms with van der Waals surface area (Å²) in [5.74, 6) is 1.90. The van der Waals surface area contributed by atoms with Crippen molar-refractivity contribution in [2.24, 2.45) is 5.92 Å². The first-order chi connectivity index (χ1) is 7.79. The molecule has 2 atom stereocenters. The fraction of sp³-hybridized carbons (Fsp3) is 0.727. The molecular formula is C11H20N2O2S. The number of hydrogen-bond donors (Lipinski definition) is 2. The van der Waals surface area contributed by atoms with Gasteiger partial charge in [0, 0.05) is 24.1 Å². The highest BCUT2D eigenvalue weighted by atomic mass is 32.2. The van der Waals surface area contributed by atoms with Gasteiger partial charge < -0.3 is 15.4 Å². The second-order valence-corrected chi connectivity index (χ2v) is 4.84. The molecule has 1 fully saturated rings. The number of rotatable bonds is 7. The van der Waals surface area contributed by atoms with Crippen LogP contribution in [-0.4, -0.2) is 50.3 Å². The first-order valence-corrected chi connectivity index (χ1v) is 6.66. The Morgan fingerprint density at radius 3 is 3.12 bits per heavy atom. The number of amides is 1. The van der Waals surface area contributed by atoms with E-state index < -0.39 is 0 Å². The second-order valence-electron chi connectivity index (χ2n) is 3.69. The summed E-state index contributed by atoms with van der Waals surface area (Å²) in [5, 5.41) is 6.04. The number of carbonyl (C=O) groups excluding carboxylic acids is 1. The van der Waals surface area contributed by atoms with Crippen molar-refractivity contribution in [3.05, 3.63) is 12.7 Å². The largest absolute Gasteiger partial charge is 0.379 e. The van der Waals surface area contributed by atoms with Crippen LogP contribution in [0.25, 0.3) is 0 Å². The Morgan fingerprint density at radius 2 is 2.44 bits per heavy atom. The molecule has 5 heteroatoms. The van der Waals surface area contributed by atoms with Gasteiger partial charge in [-0.25, -0.2) is 0 Å². The maximum absolute atomic E-state index is 11.8. The lowest BCUT2D eigenvalue weighted by molar-refractivity contribution is -0.125. The van der Waals surface area contributed by atoms with Crippen molar-refractivity contribution in [1.82, 2.24) is 10.6 Å². The summed E-state index contributed by atoms with van der Waals surface area (Å²) in [6, 6.07) is 0.154. The molecule has 0 aliphatic carbocycles. The first-order valence-electron chi connectivity index (χ1n) is 5.51. The Balaban J connectivity index is 2.16. The van der Waals surface area contributed by atoms with Gasteiger partial charge in [-0.3, -0.25) is 4.79 Å². The van der Waals surface area contributed by atoms with Crippen LogP contribution in [0.15, 0.2) is 12.7 Å². The molecule has 2 N–H and O–H groups in total. The van der Waals surface area contributed by atoms with E-state index >= 15 is 0 Å². The molecule has 0 radical (unpaired) electrons.